The highest BCUT2D eigenvalue weighted by molar-refractivity contribution is 7.99. The standard InChI is InChI=1S/C9H14N2OS/c1-7-8(5-12-11-7)4-10-9-2-3-13-6-9/h5,9-10H,2-4,6H2,1H3. The molecule has 1 atom stereocenters. The third-order valence-electron chi connectivity index (χ3n) is 2.36. The number of nitrogens with zero attached hydrogens (tertiary/aromatic N) is 1. The van der Waals surface area contributed by atoms with Gasteiger partial charge >= 0.3 is 0 Å². The monoisotopic (exact) mass is 198 g/mol. The molecule has 3 nitrogen and oxygen atoms in total. The molecule has 0 aliphatic carbocycles. The molecule has 1 aliphatic heterocycles. The number of hydrogen-bond acceptors (Lipinski definition) is 4. The van der Waals surface area contributed by atoms with Gasteiger partial charge < -0.3 is 9.84 Å². The zero-order chi connectivity index (χ0) is 9.10. The minimum atomic E-state index is 0.680. The molecule has 4 heteroatoms. The van der Waals surface area contributed by atoms with Gasteiger partial charge in [-0.2, -0.15) is 11.8 Å². The highest BCUT2D eigenvalue weighted by atomic mass is 32.2. The molecule has 0 radical (unpaired) electrons. The first-order valence-corrected chi connectivity index (χ1v) is 5.72. The topological polar surface area (TPSA) is 38.1 Å². The molecule has 1 N–H and O–H groups in total. The quantitative estimate of drug-likeness (QED) is 0.800. The van der Waals surface area contributed by atoms with Crippen molar-refractivity contribution in [3.8, 4) is 0 Å². The van der Waals surface area contributed by atoms with Crippen LogP contribution in [0, 0.1) is 6.92 Å². The number of nitrogens with one attached hydrogen (secondary N) is 1. The van der Waals surface area contributed by atoms with Crippen molar-refractivity contribution in [2.24, 2.45) is 0 Å². The average Bonchev–Trinajstić information content (AvgIpc) is 2.72. The van der Waals surface area contributed by atoms with E-state index in [9.17, 15) is 0 Å². The van der Waals surface area contributed by atoms with Gasteiger partial charge in [-0.15, -0.1) is 0 Å². The van der Waals surface area contributed by atoms with Gasteiger partial charge in [0.05, 0.1) is 5.69 Å². The molecule has 2 heterocycles. The van der Waals surface area contributed by atoms with Crippen molar-refractivity contribution in [1.29, 1.82) is 0 Å². The van der Waals surface area contributed by atoms with E-state index in [-0.39, 0.29) is 0 Å². The Morgan fingerprint density at radius 3 is 3.31 bits per heavy atom. The van der Waals surface area contributed by atoms with Gasteiger partial charge in [-0.1, -0.05) is 5.16 Å². The second kappa shape index (κ2) is 4.15. The summed E-state index contributed by atoms with van der Waals surface area (Å²) in [4.78, 5) is 0. The molecule has 0 saturated carbocycles. The van der Waals surface area contributed by atoms with Gasteiger partial charge in [0.15, 0.2) is 0 Å². The van der Waals surface area contributed by atoms with E-state index in [0.717, 1.165) is 12.2 Å². The van der Waals surface area contributed by atoms with E-state index in [2.05, 4.69) is 10.5 Å². The van der Waals surface area contributed by atoms with Crippen LogP contribution < -0.4 is 5.32 Å². The van der Waals surface area contributed by atoms with Gasteiger partial charge in [0.25, 0.3) is 0 Å². The summed E-state index contributed by atoms with van der Waals surface area (Å²) in [5.41, 5.74) is 2.18. The molecule has 1 unspecified atom stereocenters. The number of aromatic nitrogens is 1. The molecule has 1 aliphatic rings. The first kappa shape index (κ1) is 9.09. The van der Waals surface area contributed by atoms with Crippen LogP contribution in [0.2, 0.25) is 0 Å². The highest BCUT2D eigenvalue weighted by Gasteiger charge is 2.15. The largest absolute Gasteiger partial charge is 0.364 e. The lowest BCUT2D eigenvalue weighted by Gasteiger charge is -2.09. The Labute approximate surface area is 82.3 Å². The van der Waals surface area contributed by atoms with Gasteiger partial charge in [0.2, 0.25) is 0 Å². The molecule has 0 amide bonds. The minimum absolute atomic E-state index is 0.680. The van der Waals surface area contributed by atoms with Crippen LogP contribution in [0.4, 0.5) is 0 Å². The summed E-state index contributed by atoms with van der Waals surface area (Å²) < 4.78 is 4.87. The third kappa shape index (κ3) is 2.25. The molecule has 2 rings (SSSR count). The van der Waals surface area contributed by atoms with E-state index in [4.69, 9.17) is 4.52 Å². The van der Waals surface area contributed by atoms with E-state index in [1.807, 2.05) is 18.7 Å². The van der Waals surface area contributed by atoms with Gasteiger partial charge in [0.1, 0.15) is 6.26 Å². The molecular weight excluding hydrogens is 184 g/mol. The molecule has 72 valence electrons. The van der Waals surface area contributed by atoms with Crippen molar-refractivity contribution in [3.63, 3.8) is 0 Å². The Kier molecular flexibility index (Phi) is 2.90. The summed E-state index contributed by atoms with van der Waals surface area (Å²) in [5.74, 6) is 2.53. The highest BCUT2D eigenvalue weighted by Crippen LogP contribution is 2.17. The van der Waals surface area contributed by atoms with Crippen molar-refractivity contribution >= 4 is 11.8 Å². The molecule has 1 saturated heterocycles. The molecule has 0 bridgehead atoms. The summed E-state index contributed by atoms with van der Waals surface area (Å²) in [6, 6.07) is 0.680. The van der Waals surface area contributed by atoms with Crippen molar-refractivity contribution in [1.82, 2.24) is 10.5 Å². The Bertz CT molecular complexity index is 268. The lowest BCUT2D eigenvalue weighted by atomic mass is 10.2. The number of rotatable bonds is 3. The molecule has 13 heavy (non-hydrogen) atoms. The second-order valence-corrected chi connectivity index (χ2v) is 4.52. The van der Waals surface area contributed by atoms with Gasteiger partial charge in [-0.05, 0) is 19.1 Å². The lowest BCUT2D eigenvalue weighted by molar-refractivity contribution is 0.414. The van der Waals surface area contributed by atoms with Crippen LogP contribution >= 0.6 is 11.8 Å². The van der Waals surface area contributed by atoms with E-state index in [1.165, 1.54) is 23.5 Å². The Hall–Kier alpha value is -0.480. The van der Waals surface area contributed by atoms with Crippen LogP contribution in [0.15, 0.2) is 10.8 Å². The SMILES string of the molecule is Cc1nocc1CNC1CCSC1. The second-order valence-electron chi connectivity index (χ2n) is 3.37. The fraction of sp³-hybridized carbons (Fsp3) is 0.667. The van der Waals surface area contributed by atoms with Crippen molar-refractivity contribution in [2.45, 2.75) is 25.9 Å². The Balaban J connectivity index is 1.82. The fourth-order valence-electron chi connectivity index (χ4n) is 1.43. The zero-order valence-corrected chi connectivity index (χ0v) is 8.56. The van der Waals surface area contributed by atoms with Gasteiger partial charge in [-0.3, -0.25) is 0 Å². The summed E-state index contributed by atoms with van der Waals surface area (Å²) in [6.45, 7) is 2.87. The third-order valence-corrected chi connectivity index (χ3v) is 3.52. The number of aryl methyl sites for hydroxylation is 1. The molecule has 1 aromatic heterocycles. The molecule has 1 aromatic rings. The van der Waals surface area contributed by atoms with Crippen molar-refractivity contribution < 1.29 is 4.52 Å². The lowest BCUT2D eigenvalue weighted by Crippen LogP contribution is -2.28. The first-order chi connectivity index (χ1) is 6.36. The maximum Gasteiger partial charge on any atom is 0.128 e. The summed E-state index contributed by atoms with van der Waals surface area (Å²) >= 11 is 2.02. The first-order valence-electron chi connectivity index (χ1n) is 4.57. The predicted molar refractivity (Wildman–Crippen MR) is 53.8 cm³/mol. The van der Waals surface area contributed by atoms with Crippen LogP contribution in [0.1, 0.15) is 17.7 Å². The van der Waals surface area contributed by atoms with E-state index >= 15 is 0 Å². The minimum Gasteiger partial charge on any atom is -0.364 e. The molecule has 1 fully saturated rings. The predicted octanol–water partition coefficient (Wildman–Crippen LogP) is 1.58. The Morgan fingerprint density at radius 2 is 2.69 bits per heavy atom. The van der Waals surface area contributed by atoms with E-state index in [1.54, 1.807) is 6.26 Å². The summed E-state index contributed by atoms with van der Waals surface area (Å²) in [6.07, 6.45) is 3.01. The normalized spacial score (nSPS) is 22.4. The van der Waals surface area contributed by atoms with Crippen LogP contribution in [-0.4, -0.2) is 22.7 Å². The van der Waals surface area contributed by atoms with Crippen LogP contribution in [0.5, 0.6) is 0 Å². The average molecular weight is 198 g/mol. The zero-order valence-electron chi connectivity index (χ0n) is 7.75. The number of hydrogen-bond donors (Lipinski definition) is 1. The fourth-order valence-corrected chi connectivity index (χ4v) is 2.62. The van der Waals surface area contributed by atoms with Crippen LogP contribution in [0.25, 0.3) is 0 Å². The molecular formula is C9H14N2OS. The van der Waals surface area contributed by atoms with Gasteiger partial charge in [0, 0.05) is 23.9 Å². The van der Waals surface area contributed by atoms with Crippen LogP contribution in [0.3, 0.4) is 0 Å². The summed E-state index contributed by atoms with van der Waals surface area (Å²) in [7, 11) is 0. The van der Waals surface area contributed by atoms with E-state index < -0.39 is 0 Å². The summed E-state index contributed by atoms with van der Waals surface area (Å²) in [5, 5.41) is 7.35. The van der Waals surface area contributed by atoms with Gasteiger partial charge in [-0.25, -0.2) is 0 Å². The van der Waals surface area contributed by atoms with E-state index in [0.29, 0.717) is 6.04 Å². The number of thioether (sulfide) groups is 1. The van der Waals surface area contributed by atoms with Crippen molar-refractivity contribution in [3.05, 3.63) is 17.5 Å². The molecule has 0 aromatic carbocycles. The van der Waals surface area contributed by atoms with Crippen molar-refractivity contribution in [2.75, 3.05) is 11.5 Å². The molecule has 0 spiro atoms. The maximum atomic E-state index is 4.87. The maximum absolute atomic E-state index is 4.87. The smallest absolute Gasteiger partial charge is 0.128 e. The Morgan fingerprint density at radius 1 is 1.77 bits per heavy atom. The van der Waals surface area contributed by atoms with Crippen LogP contribution in [-0.2, 0) is 6.54 Å².